The van der Waals surface area contributed by atoms with Crippen LogP contribution in [0.15, 0.2) is 48.0 Å². The van der Waals surface area contributed by atoms with Crippen LogP contribution in [0.25, 0.3) is 5.76 Å². The molecular weight excluding hydrogens is 484 g/mol. The highest BCUT2D eigenvalue weighted by atomic mass is 16.5. The number of ether oxygens (including phenoxy) is 3. The fourth-order valence-corrected chi connectivity index (χ4v) is 4.91. The molecule has 1 atom stereocenters. The van der Waals surface area contributed by atoms with E-state index in [9.17, 15) is 14.7 Å². The largest absolute Gasteiger partial charge is 0.507 e. The Morgan fingerprint density at radius 2 is 1.76 bits per heavy atom. The Morgan fingerprint density at radius 3 is 2.45 bits per heavy atom. The lowest BCUT2D eigenvalue weighted by atomic mass is 9.94. The highest BCUT2D eigenvalue weighted by molar-refractivity contribution is 6.46. The number of Topliss-reactive ketones (excluding diaryl/α,β-unsaturated/α-hetero) is 1. The minimum absolute atomic E-state index is 0.0897. The summed E-state index contributed by atoms with van der Waals surface area (Å²) >= 11 is 0. The normalized spacial score (nSPS) is 19.7. The minimum Gasteiger partial charge on any atom is -0.507 e. The molecule has 1 amide bonds. The summed E-state index contributed by atoms with van der Waals surface area (Å²) in [4.78, 5) is 30.5. The van der Waals surface area contributed by atoms with Crippen molar-refractivity contribution >= 4 is 17.4 Å². The fourth-order valence-electron chi connectivity index (χ4n) is 4.91. The van der Waals surface area contributed by atoms with Crippen LogP contribution < -0.4 is 9.47 Å². The number of hydrogen-bond acceptors (Lipinski definition) is 7. The number of hydrogen-bond donors (Lipinski definition) is 1. The topological polar surface area (TPSA) is 88.5 Å². The summed E-state index contributed by atoms with van der Waals surface area (Å²) in [5.41, 5.74) is 2.30. The predicted molar refractivity (Wildman–Crippen MR) is 145 cm³/mol. The number of aliphatic hydroxyl groups excluding tert-OH is 1. The molecule has 0 aliphatic carbocycles. The second-order valence-corrected chi connectivity index (χ2v) is 9.78. The van der Waals surface area contributed by atoms with Crippen molar-refractivity contribution in [1.29, 1.82) is 0 Å². The van der Waals surface area contributed by atoms with E-state index in [-0.39, 0.29) is 11.3 Å². The Balaban J connectivity index is 1.69. The number of rotatable bonds is 11. The van der Waals surface area contributed by atoms with E-state index in [0.717, 1.165) is 38.0 Å². The molecule has 2 fully saturated rings. The molecule has 0 spiro atoms. The Morgan fingerprint density at radius 1 is 1.03 bits per heavy atom. The third kappa shape index (κ3) is 6.19. The monoisotopic (exact) mass is 522 g/mol. The Hall–Kier alpha value is -3.36. The van der Waals surface area contributed by atoms with Crippen LogP contribution in [0.2, 0.25) is 0 Å². The van der Waals surface area contributed by atoms with Gasteiger partial charge in [-0.2, -0.15) is 0 Å². The van der Waals surface area contributed by atoms with Gasteiger partial charge in [0.05, 0.1) is 38.5 Å². The zero-order valence-electron chi connectivity index (χ0n) is 22.6. The number of morpholine rings is 1. The zero-order chi connectivity index (χ0) is 27.1. The van der Waals surface area contributed by atoms with E-state index in [1.165, 1.54) is 0 Å². The average molecular weight is 523 g/mol. The summed E-state index contributed by atoms with van der Waals surface area (Å²) in [6.07, 6.45) is 2.63. The molecule has 2 saturated heterocycles. The molecule has 0 aromatic heterocycles. The number of likely N-dealkylation sites (tertiary alicyclic amines) is 1. The molecule has 2 aliphatic heterocycles. The first-order valence-corrected chi connectivity index (χ1v) is 13.4. The number of unbranched alkanes of at least 4 members (excludes halogenated alkanes) is 1. The summed E-state index contributed by atoms with van der Waals surface area (Å²) in [7, 11) is 1.57. The van der Waals surface area contributed by atoms with Crippen molar-refractivity contribution < 1.29 is 28.9 Å². The highest BCUT2D eigenvalue weighted by Gasteiger charge is 2.46. The van der Waals surface area contributed by atoms with Gasteiger partial charge in [-0.05, 0) is 37.5 Å². The molecule has 2 aromatic rings. The van der Waals surface area contributed by atoms with E-state index in [4.69, 9.17) is 14.2 Å². The first-order valence-electron chi connectivity index (χ1n) is 13.4. The van der Waals surface area contributed by atoms with Gasteiger partial charge < -0.3 is 24.2 Å². The molecule has 38 heavy (non-hydrogen) atoms. The number of carbonyl (C=O) groups is 2. The highest BCUT2D eigenvalue weighted by Crippen LogP contribution is 2.42. The average Bonchev–Trinajstić information content (AvgIpc) is 3.19. The first kappa shape index (κ1) is 27.7. The van der Waals surface area contributed by atoms with Crippen LogP contribution in [0.4, 0.5) is 0 Å². The van der Waals surface area contributed by atoms with Gasteiger partial charge in [-0.15, -0.1) is 0 Å². The van der Waals surface area contributed by atoms with Crippen molar-refractivity contribution in [2.45, 2.75) is 39.2 Å². The summed E-state index contributed by atoms with van der Waals surface area (Å²) in [6.45, 7) is 8.91. The smallest absolute Gasteiger partial charge is 0.295 e. The van der Waals surface area contributed by atoms with Gasteiger partial charge in [0, 0.05) is 31.7 Å². The van der Waals surface area contributed by atoms with Gasteiger partial charge in [-0.3, -0.25) is 14.5 Å². The summed E-state index contributed by atoms with van der Waals surface area (Å²) in [5.74, 6) is -0.332. The molecule has 2 heterocycles. The van der Waals surface area contributed by atoms with Crippen molar-refractivity contribution in [3.63, 3.8) is 0 Å². The molecule has 1 N–H and O–H groups in total. The van der Waals surface area contributed by atoms with Crippen LogP contribution >= 0.6 is 0 Å². The lowest BCUT2D eigenvalue weighted by Crippen LogP contribution is -2.39. The van der Waals surface area contributed by atoms with Crippen molar-refractivity contribution in [1.82, 2.24) is 9.80 Å². The molecule has 204 valence electrons. The molecule has 8 heteroatoms. The van der Waals surface area contributed by atoms with Crippen molar-refractivity contribution in [3.8, 4) is 11.5 Å². The van der Waals surface area contributed by atoms with Gasteiger partial charge >= 0.3 is 0 Å². The standard InChI is InChI=1S/C30H38N2O6/c1-4-5-17-38-24-12-11-23(20-25(24)36-3)27-26(28(33)22-9-7-21(2)8-10-22)29(34)30(35)32(27)14-6-13-31-15-18-37-19-16-31/h7-12,20,27,33H,4-6,13-19H2,1-3H3. The van der Waals surface area contributed by atoms with Gasteiger partial charge in [-0.25, -0.2) is 0 Å². The minimum atomic E-state index is -0.736. The van der Waals surface area contributed by atoms with Crippen LogP contribution in [0, 0.1) is 6.92 Å². The van der Waals surface area contributed by atoms with E-state index in [1.807, 2.05) is 31.2 Å². The van der Waals surface area contributed by atoms with E-state index in [1.54, 1.807) is 30.2 Å². The number of amides is 1. The third-order valence-corrected chi connectivity index (χ3v) is 7.10. The van der Waals surface area contributed by atoms with Crippen molar-refractivity contribution in [2.75, 3.05) is 53.1 Å². The van der Waals surface area contributed by atoms with Crippen LogP contribution in [0.1, 0.15) is 48.9 Å². The zero-order valence-corrected chi connectivity index (χ0v) is 22.6. The number of ketones is 1. The maximum absolute atomic E-state index is 13.3. The van der Waals surface area contributed by atoms with E-state index >= 15 is 0 Å². The summed E-state index contributed by atoms with van der Waals surface area (Å²) < 4.78 is 16.9. The molecule has 4 rings (SSSR count). The fraction of sp³-hybridized carbons (Fsp3) is 0.467. The van der Waals surface area contributed by atoms with Crippen molar-refractivity contribution in [2.24, 2.45) is 0 Å². The second-order valence-electron chi connectivity index (χ2n) is 9.78. The molecule has 1 unspecified atom stereocenters. The molecular formula is C30H38N2O6. The number of aryl methyl sites for hydroxylation is 1. The van der Waals surface area contributed by atoms with Crippen LogP contribution in [-0.4, -0.2) is 79.7 Å². The van der Waals surface area contributed by atoms with Crippen LogP contribution in [0.3, 0.4) is 0 Å². The van der Waals surface area contributed by atoms with Gasteiger partial charge in [0.15, 0.2) is 11.5 Å². The lowest BCUT2D eigenvalue weighted by molar-refractivity contribution is -0.140. The molecule has 0 radical (unpaired) electrons. The van der Waals surface area contributed by atoms with Crippen LogP contribution in [0.5, 0.6) is 11.5 Å². The number of benzene rings is 2. The number of carbonyl (C=O) groups excluding carboxylic acids is 2. The van der Waals surface area contributed by atoms with Crippen LogP contribution in [-0.2, 0) is 14.3 Å². The molecule has 8 nitrogen and oxygen atoms in total. The van der Waals surface area contributed by atoms with E-state index in [2.05, 4.69) is 11.8 Å². The van der Waals surface area contributed by atoms with Crippen molar-refractivity contribution in [3.05, 3.63) is 64.7 Å². The van der Waals surface area contributed by atoms with Gasteiger partial charge in [0.25, 0.3) is 11.7 Å². The molecule has 2 aromatic carbocycles. The number of methoxy groups -OCH3 is 1. The Bertz CT molecular complexity index is 1150. The predicted octanol–water partition coefficient (Wildman–Crippen LogP) is 4.33. The van der Waals surface area contributed by atoms with Gasteiger partial charge in [-0.1, -0.05) is 49.2 Å². The third-order valence-electron chi connectivity index (χ3n) is 7.10. The molecule has 0 saturated carbocycles. The maximum atomic E-state index is 13.3. The molecule has 2 aliphatic rings. The Labute approximate surface area is 224 Å². The van der Waals surface area contributed by atoms with E-state index in [0.29, 0.717) is 55.4 Å². The summed E-state index contributed by atoms with van der Waals surface area (Å²) in [5, 5.41) is 11.3. The number of aliphatic hydroxyl groups is 1. The second kappa shape index (κ2) is 12.9. The lowest BCUT2D eigenvalue weighted by Gasteiger charge is -2.29. The maximum Gasteiger partial charge on any atom is 0.295 e. The quantitative estimate of drug-likeness (QED) is 0.203. The summed E-state index contributed by atoms with van der Waals surface area (Å²) in [6, 6.07) is 12.0. The molecule has 0 bridgehead atoms. The van der Waals surface area contributed by atoms with Gasteiger partial charge in [0.2, 0.25) is 0 Å². The van der Waals surface area contributed by atoms with Gasteiger partial charge in [0.1, 0.15) is 5.76 Å². The van der Waals surface area contributed by atoms with E-state index < -0.39 is 17.7 Å². The Kier molecular flexibility index (Phi) is 9.42. The SMILES string of the molecule is CCCCOc1ccc(C2C(=C(O)c3ccc(C)cc3)C(=O)C(=O)N2CCCN2CCOCC2)cc1OC. The first-order chi connectivity index (χ1) is 18.4. The number of nitrogens with zero attached hydrogens (tertiary/aromatic N) is 2.